The number of nitriles is 1. The standard InChI is InChI=1S/C26H21F5N6O3/c27-25(28)9-19(10-32)37(14-25)21(38)11-34-24(40)20-13-36(35-22(20)26(29,30)31)12-15-1-3-16(4-2-15)17-5-7-18(8-6-17)23(33)39/h1-8,13,19H,9,11-12,14H2,(H2,33,39)(H,34,40)/t19-/m0/s1. The van der Waals surface area contributed by atoms with Crippen LogP contribution in [0, 0.1) is 11.3 Å². The summed E-state index contributed by atoms with van der Waals surface area (Å²) in [6.45, 7) is -2.02. The summed E-state index contributed by atoms with van der Waals surface area (Å²) in [5.74, 6) is -6.15. The van der Waals surface area contributed by atoms with E-state index in [0.29, 0.717) is 16.0 Å². The van der Waals surface area contributed by atoms with E-state index in [1.54, 1.807) is 54.6 Å². The molecule has 4 rings (SSSR count). The monoisotopic (exact) mass is 560 g/mol. The summed E-state index contributed by atoms with van der Waals surface area (Å²) in [6, 6.07) is 13.4. The van der Waals surface area contributed by atoms with E-state index in [1.807, 2.05) is 5.32 Å². The lowest BCUT2D eigenvalue weighted by atomic mass is 10.0. The first-order valence-corrected chi connectivity index (χ1v) is 11.8. The lowest BCUT2D eigenvalue weighted by molar-refractivity contribution is -0.141. The molecule has 0 unspecified atom stereocenters. The molecule has 2 aromatic carbocycles. The molecule has 1 aliphatic heterocycles. The number of hydrogen-bond acceptors (Lipinski definition) is 5. The Morgan fingerprint density at radius 3 is 2.23 bits per heavy atom. The fourth-order valence-corrected chi connectivity index (χ4v) is 4.24. The fourth-order valence-electron chi connectivity index (χ4n) is 4.24. The Morgan fingerprint density at radius 2 is 1.68 bits per heavy atom. The minimum Gasteiger partial charge on any atom is -0.366 e. The van der Waals surface area contributed by atoms with E-state index in [2.05, 4.69) is 5.10 Å². The summed E-state index contributed by atoms with van der Waals surface area (Å²) in [7, 11) is 0. The second-order valence-corrected chi connectivity index (χ2v) is 9.13. The van der Waals surface area contributed by atoms with Gasteiger partial charge in [0.1, 0.15) is 6.04 Å². The van der Waals surface area contributed by atoms with Crippen LogP contribution in [0.1, 0.15) is 38.4 Å². The van der Waals surface area contributed by atoms with Crippen LogP contribution in [0.15, 0.2) is 54.7 Å². The van der Waals surface area contributed by atoms with Crippen molar-refractivity contribution in [1.29, 1.82) is 5.26 Å². The topological polar surface area (TPSA) is 134 Å². The normalized spacial score (nSPS) is 16.4. The average Bonchev–Trinajstić information content (AvgIpc) is 3.48. The van der Waals surface area contributed by atoms with Crippen molar-refractivity contribution in [2.75, 3.05) is 13.1 Å². The third kappa shape index (κ3) is 6.25. The van der Waals surface area contributed by atoms with Gasteiger partial charge < -0.3 is 16.0 Å². The number of nitrogens with zero attached hydrogens (tertiary/aromatic N) is 4. The first-order valence-electron chi connectivity index (χ1n) is 11.8. The van der Waals surface area contributed by atoms with Crippen molar-refractivity contribution in [3.05, 3.63) is 77.1 Å². The summed E-state index contributed by atoms with van der Waals surface area (Å²) in [6.07, 6.45) is -4.98. The van der Waals surface area contributed by atoms with Crippen LogP contribution in [-0.4, -0.2) is 57.5 Å². The van der Waals surface area contributed by atoms with Crippen LogP contribution in [-0.2, 0) is 17.5 Å². The lowest BCUT2D eigenvalue weighted by Crippen LogP contribution is -2.43. The van der Waals surface area contributed by atoms with Crippen LogP contribution in [0.4, 0.5) is 22.0 Å². The summed E-state index contributed by atoms with van der Waals surface area (Å²) in [5.41, 5.74) is 5.36. The number of hydrogen-bond donors (Lipinski definition) is 2. The predicted octanol–water partition coefficient (Wildman–Crippen LogP) is 3.21. The van der Waals surface area contributed by atoms with Crippen molar-refractivity contribution >= 4 is 17.7 Å². The first-order chi connectivity index (χ1) is 18.8. The second kappa shape index (κ2) is 10.8. The summed E-state index contributed by atoms with van der Waals surface area (Å²) < 4.78 is 69.0. The first kappa shape index (κ1) is 28.2. The highest BCUT2D eigenvalue weighted by Crippen LogP contribution is 2.32. The van der Waals surface area contributed by atoms with Crippen LogP contribution in [0.5, 0.6) is 0 Å². The van der Waals surface area contributed by atoms with Gasteiger partial charge in [0.05, 0.1) is 31.3 Å². The van der Waals surface area contributed by atoms with Crippen LogP contribution in [0.3, 0.4) is 0 Å². The van der Waals surface area contributed by atoms with Gasteiger partial charge in [0.25, 0.3) is 11.8 Å². The second-order valence-electron chi connectivity index (χ2n) is 9.13. The molecule has 1 aliphatic rings. The van der Waals surface area contributed by atoms with Gasteiger partial charge in [0.2, 0.25) is 11.8 Å². The SMILES string of the molecule is N#C[C@@H]1CC(F)(F)CN1C(=O)CNC(=O)c1cn(Cc2ccc(-c3ccc(C(N)=O)cc3)cc2)nc1C(F)(F)F. The molecule has 1 fully saturated rings. The van der Waals surface area contributed by atoms with Crippen LogP contribution in [0.25, 0.3) is 11.1 Å². The van der Waals surface area contributed by atoms with Crippen LogP contribution < -0.4 is 11.1 Å². The van der Waals surface area contributed by atoms with E-state index in [-0.39, 0.29) is 6.54 Å². The van der Waals surface area contributed by atoms with Gasteiger partial charge in [-0.3, -0.25) is 19.1 Å². The predicted molar refractivity (Wildman–Crippen MR) is 130 cm³/mol. The molecule has 0 spiro atoms. The number of alkyl halides is 5. The molecule has 1 saturated heterocycles. The summed E-state index contributed by atoms with van der Waals surface area (Å²) in [4.78, 5) is 36.7. The molecule has 2 heterocycles. The molecule has 0 radical (unpaired) electrons. The van der Waals surface area contributed by atoms with Gasteiger partial charge in [-0.1, -0.05) is 36.4 Å². The highest BCUT2D eigenvalue weighted by molar-refractivity contribution is 5.97. The molecule has 0 saturated carbocycles. The van der Waals surface area contributed by atoms with Crippen molar-refractivity contribution in [1.82, 2.24) is 20.0 Å². The Morgan fingerprint density at radius 1 is 1.07 bits per heavy atom. The molecular weight excluding hydrogens is 539 g/mol. The van der Waals surface area contributed by atoms with Crippen molar-refractivity contribution in [3.63, 3.8) is 0 Å². The number of carbonyl (C=O) groups is 3. The van der Waals surface area contributed by atoms with E-state index in [4.69, 9.17) is 11.0 Å². The lowest BCUT2D eigenvalue weighted by Gasteiger charge is -2.19. The van der Waals surface area contributed by atoms with Gasteiger partial charge in [0, 0.05) is 18.2 Å². The molecule has 14 heteroatoms. The Labute approximate surface area is 224 Å². The molecule has 3 amide bonds. The molecule has 0 aliphatic carbocycles. The Hall–Kier alpha value is -4.80. The molecule has 1 atom stereocenters. The fraction of sp³-hybridized carbons (Fsp3) is 0.269. The zero-order chi connectivity index (χ0) is 29.2. The summed E-state index contributed by atoms with van der Waals surface area (Å²) in [5, 5.41) is 14.5. The largest absolute Gasteiger partial charge is 0.435 e. The maximum Gasteiger partial charge on any atom is 0.435 e. The van der Waals surface area contributed by atoms with E-state index in [9.17, 15) is 36.3 Å². The number of amides is 3. The number of primary amides is 1. The van der Waals surface area contributed by atoms with E-state index < -0.39 is 66.6 Å². The minimum absolute atomic E-state index is 0.122. The number of halogens is 5. The average molecular weight is 560 g/mol. The third-order valence-corrected chi connectivity index (χ3v) is 6.22. The van der Waals surface area contributed by atoms with Gasteiger partial charge in [-0.05, 0) is 28.8 Å². The number of nitrogens with two attached hydrogens (primary N) is 1. The molecule has 3 N–H and O–H groups in total. The molecule has 208 valence electrons. The van der Waals surface area contributed by atoms with E-state index in [1.165, 1.54) is 0 Å². The quantitative estimate of drug-likeness (QED) is 0.428. The molecule has 9 nitrogen and oxygen atoms in total. The number of likely N-dealkylation sites (tertiary alicyclic amines) is 1. The molecular formula is C26H21F5N6O3. The minimum atomic E-state index is -4.99. The van der Waals surface area contributed by atoms with Gasteiger partial charge in [0.15, 0.2) is 5.69 Å². The number of rotatable bonds is 7. The van der Waals surface area contributed by atoms with Crippen molar-refractivity contribution in [2.45, 2.75) is 31.1 Å². The number of aromatic nitrogens is 2. The van der Waals surface area contributed by atoms with Crippen molar-refractivity contribution < 1.29 is 36.3 Å². The maximum absolute atomic E-state index is 13.6. The third-order valence-electron chi connectivity index (χ3n) is 6.22. The van der Waals surface area contributed by atoms with Crippen LogP contribution >= 0.6 is 0 Å². The Kier molecular flexibility index (Phi) is 7.59. The van der Waals surface area contributed by atoms with E-state index >= 15 is 0 Å². The van der Waals surface area contributed by atoms with Crippen molar-refractivity contribution in [3.8, 4) is 17.2 Å². The van der Waals surface area contributed by atoms with Crippen molar-refractivity contribution in [2.24, 2.45) is 5.73 Å². The molecule has 40 heavy (non-hydrogen) atoms. The number of carbonyl (C=O) groups excluding carboxylic acids is 3. The highest BCUT2D eigenvalue weighted by atomic mass is 19.4. The van der Waals surface area contributed by atoms with Crippen LogP contribution in [0.2, 0.25) is 0 Å². The molecule has 0 bridgehead atoms. The van der Waals surface area contributed by atoms with Gasteiger partial charge >= 0.3 is 6.18 Å². The molecule has 1 aromatic heterocycles. The zero-order valence-electron chi connectivity index (χ0n) is 20.6. The number of benzene rings is 2. The van der Waals surface area contributed by atoms with Gasteiger partial charge in [-0.15, -0.1) is 0 Å². The van der Waals surface area contributed by atoms with E-state index in [0.717, 1.165) is 22.0 Å². The van der Waals surface area contributed by atoms with Gasteiger partial charge in [-0.25, -0.2) is 8.78 Å². The Bertz CT molecular complexity index is 1480. The smallest absolute Gasteiger partial charge is 0.366 e. The number of nitrogens with one attached hydrogen (secondary N) is 1. The molecule has 3 aromatic rings. The Balaban J connectivity index is 1.46. The zero-order valence-corrected chi connectivity index (χ0v) is 20.6. The van der Waals surface area contributed by atoms with Gasteiger partial charge in [-0.2, -0.15) is 23.5 Å². The maximum atomic E-state index is 13.6. The summed E-state index contributed by atoms with van der Waals surface area (Å²) >= 11 is 0. The highest BCUT2D eigenvalue weighted by Gasteiger charge is 2.47.